The third-order valence-corrected chi connectivity index (χ3v) is 9.82. The van der Waals surface area contributed by atoms with Gasteiger partial charge in [0.05, 0.1) is 37.2 Å². The van der Waals surface area contributed by atoms with Gasteiger partial charge in [-0.05, 0) is 37.5 Å². The first-order valence-corrected chi connectivity index (χ1v) is 15.8. The lowest BCUT2D eigenvalue weighted by Crippen LogP contribution is -2.44. The molecule has 4 aromatic rings. The predicted molar refractivity (Wildman–Crippen MR) is 156 cm³/mol. The zero-order chi connectivity index (χ0) is 30.0. The molecule has 0 aliphatic carbocycles. The summed E-state index contributed by atoms with van der Waals surface area (Å²) in [6.45, 7) is 1.42. The molecule has 2 fully saturated rings. The number of methoxy groups -OCH3 is 1. The first-order chi connectivity index (χ1) is 20.9. The van der Waals surface area contributed by atoms with Crippen LogP contribution in [0.15, 0.2) is 62.9 Å². The number of rotatable bonds is 10. The van der Waals surface area contributed by atoms with Crippen molar-refractivity contribution in [3.05, 3.63) is 75.3 Å². The molecule has 0 amide bonds. The fraction of sp³-hybridized carbons (Fsp3) is 0.448. The van der Waals surface area contributed by atoms with E-state index in [0.717, 1.165) is 10.1 Å². The number of benzene rings is 1. The summed E-state index contributed by atoms with van der Waals surface area (Å²) in [5.74, 6) is 0.881. The van der Waals surface area contributed by atoms with Crippen molar-refractivity contribution in [2.45, 2.75) is 44.6 Å². The molecule has 228 valence electrons. The summed E-state index contributed by atoms with van der Waals surface area (Å²) < 4.78 is 51.9. The lowest BCUT2D eigenvalue weighted by molar-refractivity contribution is -0.0753. The number of nitrogens with zero attached hydrogens (tertiary/aromatic N) is 5. The lowest BCUT2D eigenvalue weighted by atomic mass is 10.1. The van der Waals surface area contributed by atoms with Crippen LogP contribution in [0.5, 0.6) is 5.75 Å². The number of oxazole rings is 1. The van der Waals surface area contributed by atoms with Crippen LogP contribution in [0.1, 0.15) is 30.9 Å². The van der Waals surface area contributed by atoms with Gasteiger partial charge in [-0.1, -0.05) is 18.2 Å². The molecule has 2 aliphatic rings. The van der Waals surface area contributed by atoms with Crippen molar-refractivity contribution in [1.29, 1.82) is 0 Å². The second kappa shape index (κ2) is 12.4. The summed E-state index contributed by atoms with van der Waals surface area (Å²) in [5, 5.41) is 0. The zero-order valence-corrected chi connectivity index (χ0v) is 24.6. The number of ether oxygens (including phenoxy) is 3. The van der Waals surface area contributed by atoms with Crippen LogP contribution in [0, 0.1) is 0 Å². The molecule has 0 spiro atoms. The van der Waals surface area contributed by atoms with Crippen LogP contribution in [0.25, 0.3) is 22.6 Å². The van der Waals surface area contributed by atoms with E-state index in [1.807, 2.05) is 24.3 Å². The van der Waals surface area contributed by atoms with Crippen molar-refractivity contribution in [2.75, 3.05) is 39.2 Å². The Morgan fingerprint density at radius 3 is 2.60 bits per heavy atom. The fourth-order valence-corrected chi connectivity index (χ4v) is 7.16. The maximum Gasteiger partial charge on any atom is 0.331 e. The van der Waals surface area contributed by atoms with Crippen LogP contribution in [-0.4, -0.2) is 77.1 Å². The molecule has 5 heterocycles. The van der Waals surface area contributed by atoms with Crippen LogP contribution >= 0.6 is 0 Å². The monoisotopic (exact) mass is 611 g/mol. The molecule has 0 N–H and O–H groups in total. The minimum Gasteiger partial charge on any atom is -0.496 e. The number of fused-ring (bicyclic) bond motifs is 1. The normalized spacial score (nSPS) is 18.3. The highest BCUT2D eigenvalue weighted by Crippen LogP contribution is 2.32. The molecule has 1 aromatic carbocycles. The molecule has 0 radical (unpaired) electrons. The largest absolute Gasteiger partial charge is 0.496 e. The molecule has 0 unspecified atom stereocenters. The standard InChI is InChI=1S/C29H33N5O8S/c1-39-24-6-3-2-5-21(24)25(42-20-9-15-40-16-10-20)19-34-23-8-7-22(27-30-11-17-41-27)31-26(23)28(35)33(29(34)36)14-13-32-12-4-18-43(32,37)38/h2-3,5-8,11,17,20,25H,4,9-10,12-16,18-19H2,1H3/t25-/m0/s1. The number of sulfonamides is 1. The molecule has 2 aliphatic heterocycles. The summed E-state index contributed by atoms with van der Waals surface area (Å²) in [5.41, 5.74) is 0.209. The molecular formula is C29H33N5O8S. The van der Waals surface area contributed by atoms with Gasteiger partial charge in [0.15, 0.2) is 5.52 Å². The highest BCUT2D eigenvalue weighted by molar-refractivity contribution is 7.89. The van der Waals surface area contributed by atoms with Crippen LogP contribution in [0.4, 0.5) is 0 Å². The Labute approximate surface area is 247 Å². The average molecular weight is 612 g/mol. The second-order valence-electron chi connectivity index (χ2n) is 10.5. The minimum atomic E-state index is -3.42. The SMILES string of the molecule is COc1ccccc1[C@H](Cn1c(=O)n(CCN2CCCS2(=O)=O)c(=O)c2nc(-c3ncco3)ccc21)OC1CCOCC1. The van der Waals surface area contributed by atoms with Crippen molar-refractivity contribution in [2.24, 2.45) is 0 Å². The predicted octanol–water partition coefficient (Wildman–Crippen LogP) is 2.19. The van der Waals surface area contributed by atoms with E-state index in [1.165, 1.54) is 21.3 Å². The van der Waals surface area contributed by atoms with E-state index < -0.39 is 27.4 Å². The third-order valence-electron chi connectivity index (χ3n) is 7.86. The number of para-hydroxylation sites is 1. The van der Waals surface area contributed by atoms with Crippen LogP contribution in [0.2, 0.25) is 0 Å². The number of aromatic nitrogens is 4. The average Bonchev–Trinajstić information content (AvgIpc) is 3.68. The zero-order valence-electron chi connectivity index (χ0n) is 23.8. The Morgan fingerprint density at radius 1 is 1.07 bits per heavy atom. The Hall–Kier alpha value is -3.85. The Balaban J connectivity index is 1.47. The van der Waals surface area contributed by atoms with Crippen molar-refractivity contribution >= 4 is 21.1 Å². The summed E-state index contributed by atoms with van der Waals surface area (Å²) in [4.78, 5) is 36.5. The first-order valence-electron chi connectivity index (χ1n) is 14.2. The van der Waals surface area contributed by atoms with Crippen LogP contribution in [-0.2, 0) is 32.6 Å². The third kappa shape index (κ3) is 6.00. The van der Waals surface area contributed by atoms with E-state index in [4.69, 9.17) is 18.6 Å². The van der Waals surface area contributed by atoms with Gasteiger partial charge < -0.3 is 18.6 Å². The first kappa shape index (κ1) is 29.2. The smallest absolute Gasteiger partial charge is 0.331 e. The highest BCUT2D eigenvalue weighted by atomic mass is 32.2. The molecule has 6 rings (SSSR count). The van der Waals surface area contributed by atoms with E-state index in [1.54, 1.807) is 19.2 Å². The number of hydrogen-bond acceptors (Lipinski definition) is 10. The van der Waals surface area contributed by atoms with Gasteiger partial charge in [-0.25, -0.2) is 27.5 Å². The van der Waals surface area contributed by atoms with E-state index in [-0.39, 0.29) is 42.9 Å². The molecular weight excluding hydrogens is 578 g/mol. The Bertz CT molecular complexity index is 1810. The van der Waals surface area contributed by atoms with E-state index in [0.29, 0.717) is 56.0 Å². The molecule has 0 bridgehead atoms. The van der Waals surface area contributed by atoms with Crippen LogP contribution < -0.4 is 16.0 Å². The molecule has 14 heteroatoms. The van der Waals surface area contributed by atoms with Gasteiger partial charge in [0.2, 0.25) is 15.9 Å². The quantitative estimate of drug-likeness (QED) is 0.261. The number of hydrogen-bond donors (Lipinski definition) is 0. The molecule has 1 atom stereocenters. The minimum absolute atomic E-state index is 0.00305. The fourth-order valence-electron chi connectivity index (χ4n) is 5.64. The van der Waals surface area contributed by atoms with Gasteiger partial charge in [-0.2, -0.15) is 0 Å². The molecule has 13 nitrogen and oxygen atoms in total. The number of pyridine rings is 1. The van der Waals surface area contributed by atoms with Gasteiger partial charge >= 0.3 is 5.69 Å². The Morgan fingerprint density at radius 2 is 1.88 bits per heavy atom. The van der Waals surface area contributed by atoms with Crippen molar-refractivity contribution in [1.82, 2.24) is 23.4 Å². The van der Waals surface area contributed by atoms with Crippen molar-refractivity contribution in [3.8, 4) is 17.3 Å². The van der Waals surface area contributed by atoms with Gasteiger partial charge in [0.1, 0.15) is 23.8 Å². The van der Waals surface area contributed by atoms with Crippen molar-refractivity contribution in [3.63, 3.8) is 0 Å². The molecule has 3 aromatic heterocycles. The lowest BCUT2D eigenvalue weighted by Gasteiger charge is -2.29. The highest BCUT2D eigenvalue weighted by Gasteiger charge is 2.29. The van der Waals surface area contributed by atoms with E-state index in [9.17, 15) is 18.0 Å². The summed E-state index contributed by atoms with van der Waals surface area (Å²) >= 11 is 0. The van der Waals surface area contributed by atoms with Crippen LogP contribution in [0.3, 0.4) is 0 Å². The maximum absolute atomic E-state index is 14.1. The molecule has 2 saturated heterocycles. The van der Waals surface area contributed by atoms with Crippen molar-refractivity contribution < 1.29 is 27.0 Å². The topological polar surface area (TPSA) is 148 Å². The van der Waals surface area contributed by atoms with E-state index >= 15 is 0 Å². The van der Waals surface area contributed by atoms with E-state index in [2.05, 4.69) is 9.97 Å². The summed E-state index contributed by atoms with van der Waals surface area (Å²) in [6, 6.07) is 10.7. The second-order valence-corrected chi connectivity index (χ2v) is 12.6. The molecule has 0 saturated carbocycles. The summed E-state index contributed by atoms with van der Waals surface area (Å²) in [7, 11) is -1.85. The van der Waals surface area contributed by atoms with Gasteiger partial charge in [0.25, 0.3) is 5.56 Å². The van der Waals surface area contributed by atoms with Gasteiger partial charge in [-0.3, -0.25) is 13.9 Å². The maximum atomic E-state index is 14.1. The Kier molecular flexibility index (Phi) is 8.43. The van der Waals surface area contributed by atoms with Gasteiger partial charge in [-0.15, -0.1) is 0 Å². The summed E-state index contributed by atoms with van der Waals surface area (Å²) in [6.07, 6.45) is 4.07. The van der Waals surface area contributed by atoms with Gasteiger partial charge in [0, 0.05) is 38.4 Å². The molecule has 43 heavy (non-hydrogen) atoms.